The Morgan fingerprint density at radius 1 is 1.25 bits per heavy atom. The first-order valence-electron chi connectivity index (χ1n) is 8.51. The van der Waals surface area contributed by atoms with Gasteiger partial charge in [0.15, 0.2) is 0 Å². The first-order chi connectivity index (χ1) is 11.5. The smallest absolute Gasteiger partial charge is 0.259 e. The molecule has 1 aliphatic rings. The Morgan fingerprint density at radius 2 is 1.96 bits per heavy atom. The van der Waals surface area contributed by atoms with Crippen LogP contribution in [0.4, 0.5) is 0 Å². The van der Waals surface area contributed by atoms with E-state index < -0.39 is 0 Å². The molecule has 0 radical (unpaired) electrons. The number of aromatic nitrogens is 3. The highest BCUT2D eigenvalue weighted by Crippen LogP contribution is 2.29. The molecular formula is C18H24N4O2. The average Bonchev–Trinajstić information content (AvgIpc) is 2.96. The second-order valence-corrected chi connectivity index (χ2v) is 6.81. The third-order valence-corrected chi connectivity index (χ3v) is 4.62. The Hall–Kier alpha value is -2.24. The number of likely N-dealkylation sites (tertiary alicyclic amines) is 1. The molecule has 0 unspecified atom stereocenters. The standard InChI is InChI=1S/C18H24N4O2/c1-11(2)17-16(13(4)24-21-17)18(23)22-7-5-14(6-8-22)15-10-19-9-12(3)20-15/h9-11,14H,5-8H2,1-4H3. The Kier molecular flexibility index (Phi) is 4.64. The van der Waals surface area contributed by atoms with Crippen molar-refractivity contribution in [2.75, 3.05) is 13.1 Å². The number of carbonyl (C=O) groups excluding carboxylic acids is 1. The minimum Gasteiger partial charge on any atom is -0.361 e. The highest BCUT2D eigenvalue weighted by Gasteiger charge is 2.30. The highest BCUT2D eigenvalue weighted by atomic mass is 16.5. The van der Waals surface area contributed by atoms with E-state index in [2.05, 4.69) is 15.1 Å². The van der Waals surface area contributed by atoms with Crippen molar-refractivity contribution in [3.63, 3.8) is 0 Å². The summed E-state index contributed by atoms with van der Waals surface area (Å²) in [6.45, 7) is 9.26. The molecule has 1 saturated heterocycles. The number of hydrogen-bond donors (Lipinski definition) is 0. The van der Waals surface area contributed by atoms with Crippen LogP contribution in [0.5, 0.6) is 0 Å². The van der Waals surface area contributed by atoms with Crippen molar-refractivity contribution in [3.05, 3.63) is 40.8 Å². The van der Waals surface area contributed by atoms with E-state index >= 15 is 0 Å². The fourth-order valence-corrected chi connectivity index (χ4v) is 3.26. The molecular weight excluding hydrogens is 304 g/mol. The lowest BCUT2D eigenvalue weighted by Gasteiger charge is -2.31. The number of rotatable bonds is 3. The minimum atomic E-state index is 0.0335. The molecule has 1 fully saturated rings. The highest BCUT2D eigenvalue weighted by molar-refractivity contribution is 5.96. The Balaban J connectivity index is 1.71. The molecule has 6 nitrogen and oxygen atoms in total. The Morgan fingerprint density at radius 3 is 2.58 bits per heavy atom. The molecule has 2 aromatic heterocycles. The quantitative estimate of drug-likeness (QED) is 0.865. The van der Waals surface area contributed by atoms with Crippen molar-refractivity contribution in [2.24, 2.45) is 0 Å². The van der Waals surface area contributed by atoms with Gasteiger partial charge in [0.05, 0.1) is 17.1 Å². The van der Waals surface area contributed by atoms with Crippen molar-refractivity contribution in [2.45, 2.75) is 52.4 Å². The molecule has 3 rings (SSSR count). The van der Waals surface area contributed by atoms with Crippen molar-refractivity contribution in [3.8, 4) is 0 Å². The van der Waals surface area contributed by atoms with Gasteiger partial charge in [0.2, 0.25) is 0 Å². The molecule has 24 heavy (non-hydrogen) atoms. The van der Waals surface area contributed by atoms with Crippen LogP contribution >= 0.6 is 0 Å². The number of amides is 1. The van der Waals surface area contributed by atoms with Crippen LogP contribution in [0.3, 0.4) is 0 Å². The molecule has 3 heterocycles. The zero-order chi connectivity index (χ0) is 17.3. The molecule has 0 aliphatic carbocycles. The van der Waals surface area contributed by atoms with Gasteiger partial charge in [-0.25, -0.2) is 0 Å². The van der Waals surface area contributed by atoms with Crippen LogP contribution in [-0.2, 0) is 0 Å². The summed E-state index contributed by atoms with van der Waals surface area (Å²) in [5.41, 5.74) is 3.36. The molecule has 0 aromatic carbocycles. The van der Waals surface area contributed by atoms with Crippen LogP contribution in [0.25, 0.3) is 0 Å². The van der Waals surface area contributed by atoms with Gasteiger partial charge in [-0.3, -0.25) is 14.8 Å². The zero-order valence-electron chi connectivity index (χ0n) is 14.7. The van der Waals surface area contributed by atoms with Gasteiger partial charge in [-0.15, -0.1) is 0 Å². The number of aryl methyl sites for hydroxylation is 2. The van der Waals surface area contributed by atoms with E-state index in [9.17, 15) is 4.79 Å². The van der Waals surface area contributed by atoms with Crippen LogP contribution in [0.2, 0.25) is 0 Å². The molecule has 0 saturated carbocycles. The first-order valence-corrected chi connectivity index (χ1v) is 8.51. The van der Waals surface area contributed by atoms with Gasteiger partial charge in [-0.1, -0.05) is 19.0 Å². The maximum atomic E-state index is 12.9. The van der Waals surface area contributed by atoms with Crippen molar-refractivity contribution < 1.29 is 9.32 Å². The molecule has 0 atom stereocenters. The lowest BCUT2D eigenvalue weighted by atomic mass is 9.93. The van der Waals surface area contributed by atoms with Crippen LogP contribution < -0.4 is 0 Å². The van der Waals surface area contributed by atoms with Gasteiger partial charge in [0, 0.05) is 31.4 Å². The molecule has 6 heteroatoms. The predicted octanol–water partition coefficient (Wildman–Crippen LogP) is 3.22. The minimum absolute atomic E-state index is 0.0335. The lowest BCUT2D eigenvalue weighted by Crippen LogP contribution is -2.38. The summed E-state index contributed by atoms with van der Waals surface area (Å²) >= 11 is 0. The van der Waals surface area contributed by atoms with E-state index in [1.54, 1.807) is 13.1 Å². The fraction of sp³-hybridized carbons (Fsp3) is 0.556. The zero-order valence-corrected chi connectivity index (χ0v) is 14.7. The maximum Gasteiger partial charge on any atom is 0.259 e. The lowest BCUT2D eigenvalue weighted by molar-refractivity contribution is 0.0709. The van der Waals surface area contributed by atoms with Crippen LogP contribution in [0, 0.1) is 13.8 Å². The molecule has 1 aliphatic heterocycles. The molecule has 128 valence electrons. The van der Waals surface area contributed by atoms with Gasteiger partial charge in [0.25, 0.3) is 5.91 Å². The molecule has 0 bridgehead atoms. The second kappa shape index (κ2) is 6.71. The Bertz CT molecular complexity index is 730. The van der Waals surface area contributed by atoms with Gasteiger partial charge >= 0.3 is 0 Å². The monoisotopic (exact) mass is 328 g/mol. The van der Waals surface area contributed by atoms with Gasteiger partial charge in [-0.2, -0.15) is 0 Å². The van der Waals surface area contributed by atoms with Crippen LogP contribution in [-0.4, -0.2) is 39.0 Å². The second-order valence-electron chi connectivity index (χ2n) is 6.81. The first kappa shape index (κ1) is 16.6. The summed E-state index contributed by atoms with van der Waals surface area (Å²) in [6, 6.07) is 0. The fourth-order valence-electron chi connectivity index (χ4n) is 3.26. The molecule has 0 spiro atoms. The SMILES string of the molecule is Cc1cncc(C2CCN(C(=O)c3c(C(C)C)noc3C)CC2)n1. The maximum absolute atomic E-state index is 12.9. The van der Waals surface area contributed by atoms with Gasteiger partial charge < -0.3 is 9.42 Å². The third-order valence-electron chi connectivity index (χ3n) is 4.62. The predicted molar refractivity (Wildman–Crippen MR) is 90.0 cm³/mol. The normalized spacial score (nSPS) is 16.0. The molecule has 2 aromatic rings. The third kappa shape index (κ3) is 3.18. The number of carbonyl (C=O) groups is 1. The molecule has 1 amide bonds. The summed E-state index contributed by atoms with van der Waals surface area (Å²) in [4.78, 5) is 23.6. The van der Waals surface area contributed by atoms with E-state index in [0.29, 0.717) is 17.2 Å². The summed E-state index contributed by atoms with van der Waals surface area (Å²) in [7, 11) is 0. The van der Waals surface area contributed by atoms with E-state index in [4.69, 9.17) is 4.52 Å². The summed E-state index contributed by atoms with van der Waals surface area (Å²) < 4.78 is 5.26. The number of nitrogens with zero attached hydrogens (tertiary/aromatic N) is 4. The van der Waals surface area contributed by atoms with Gasteiger partial charge in [-0.05, 0) is 32.6 Å². The average molecular weight is 328 g/mol. The van der Waals surface area contributed by atoms with Crippen molar-refractivity contribution in [1.29, 1.82) is 0 Å². The number of piperidine rings is 1. The van der Waals surface area contributed by atoms with Crippen LogP contribution in [0.1, 0.15) is 71.7 Å². The topological polar surface area (TPSA) is 72.1 Å². The van der Waals surface area contributed by atoms with E-state index in [1.807, 2.05) is 31.9 Å². The van der Waals surface area contributed by atoms with E-state index in [-0.39, 0.29) is 11.8 Å². The largest absolute Gasteiger partial charge is 0.361 e. The summed E-state index contributed by atoms with van der Waals surface area (Å²) in [5.74, 6) is 1.18. The van der Waals surface area contributed by atoms with Crippen molar-refractivity contribution >= 4 is 5.91 Å². The summed E-state index contributed by atoms with van der Waals surface area (Å²) in [6.07, 6.45) is 5.43. The van der Waals surface area contributed by atoms with E-state index in [0.717, 1.165) is 43.0 Å². The van der Waals surface area contributed by atoms with Gasteiger partial charge in [0.1, 0.15) is 11.3 Å². The van der Waals surface area contributed by atoms with Crippen molar-refractivity contribution in [1.82, 2.24) is 20.0 Å². The Labute approximate surface area is 142 Å². The summed E-state index contributed by atoms with van der Waals surface area (Å²) in [5, 5.41) is 4.06. The number of hydrogen-bond acceptors (Lipinski definition) is 5. The van der Waals surface area contributed by atoms with E-state index in [1.165, 1.54) is 0 Å². The van der Waals surface area contributed by atoms with Crippen LogP contribution in [0.15, 0.2) is 16.9 Å². The molecule has 0 N–H and O–H groups in total.